The molecule has 1 aromatic carbocycles. The smallest absolute Gasteiger partial charge is 0.367 e. The molecule has 0 aliphatic rings. The zero-order valence-corrected chi connectivity index (χ0v) is 17.4. The second-order valence-corrected chi connectivity index (χ2v) is 7.54. The number of fused-ring (bicyclic) bond motifs is 1. The topological polar surface area (TPSA) is 84.7 Å². The van der Waals surface area contributed by atoms with Crippen LogP contribution in [0.25, 0.3) is 11.0 Å². The van der Waals surface area contributed by atoms with Crippen molar-refractivity contribution in [3.63, 3.8) is 0 Å². The van der Waals surface area contributed by atoms with Gasteiger partial charge in [0.2, 0.25) is 0 Å². The predicted molar refractivity (Wildman–Crippen MR) is 110 cm³/mol. The zero-order chi connectivity index (χ0) is 21.9. The molecule has 2 N–H and O–H groups in total. The Hall–Kier alpha value is -2.82. The summed E-state index contributed by atoms with van der Waals surface area (Å²) in [6.07, 6.45) is -1.11. The number of aromatic nitrogens is 4. The van der Waals surface area contributed by atoms with Crippen LogP contribution in [0, 0.1) is 0 Å². The third-order valence-electron chi connectivity index (χ3n) is 4.17. The second kappa shape index (κ2) is 8.90. The van der Waals surface area contributed by atoms with Gasteiger partial charge in [0.25, 0.3) is 5.91 Å². The van der Waals surface area contributed by atoms with Crippen LogP contribution in [0.2, 0.25) is 0 Å². The van der Waals surface area contributed by atoms with Gasteiger partial charge in [-0.1, -0.05) is 23.9 Å². The number of alkyl halides is 3. The summed E-state index contributed by atoms with van der Waals surface area (Å²) in [6, 6.07) is 4.86. The van der Waals surface area contributed by atoms with Gasteiger partial charge in [-0.05, 0) is 32.2 Å². The van der Waals surface area contributed by atoms with Gasteiger partial charge < -0.3 is 10.6 Å². The van der Waals surface area contributed by atoms with Gasteiger partial charge in [0, 0.05) is 12.6 Å². The average molecular weight is 438 g/mol. The highest BCUT2D eigenvalue weighted by molar-refractivity contribution is 7.98. The third kappa shape index (κ3) is 4.84. The number of thioether (sulfide) groups is 1. The monoisotopic (exact) mass is 438 g/mol. The molecule has 3 aromatic rings. The van der Waals surface area contributed by atoms with Crippen molar-refractivity contribution < 1.29 is 18.0 Å². The van der Waals surface area contributed by atoms with Gasteiger partial charge in [0.1, 0.15) is 5.82 Å². The number of nitrogens with one attached hydrogen (secondary N) is 2. The molecule has 2 aromatic heterocycles. The van der Waals surface area contributed by atoms with Crippen LogP contribution in [0.4, 0.5) is 19.0 Å². The van der Waals surface area contributed by atoms with E-state index in [1.807, 2.05) is 20.1 Å². The number of nitrogens with zero attached hydrogens (tertiary/aromatic N) is 4. The van der Waals surface area contributed by atoms with E-state index in [0.717, 1.165) is 17.5 Å². The molecule has 0 saturated carbocycles. The largest absolute Gasteiger partial charge is 0.417 e. The Labute approximate surface area is 175 Å². The number of carbonyl (C=O) groups excluding carboxylic acids is 1. The molecule has 160 valence electrons. The number of amides is 1. The van der Waals surface area contributed by atoms with Crippen LogP contribution < -0.4 is 10.6 Å². The van der Waals surface area contributed by atoms with Crippen LogP contribution >= 0.6 is 11.8 Å². The van der Waals surface area contributed by atoms with Crippen LogP contribution in [0.15, 0.2) is 35.6 Å². The summed E-state index contributed by atoms with van der Waals surface area (Å²) in [6.45, 7) is 4.32. The molecule has 1 amide bonds. The molecule has 0 atom stereocenters. The van der Waals surface area contributed by atoms with Gasteiger partial charge in [0.15, 0.2) is 10.8 Å². The molecule has 7 nitrogen and oxygen atoms in total. The number of benzene rings is 1. The number of hydrogen-bond donors (Lipinski definition) is 2. The molecule has 0 saturated heterocycles. The molecule has 0 radical (unpaired) electrons. The molecule has 0 bridgehead atoms. The van der Waals surface area contributed by atoms with E-state index in [9.17, 15) is 18.0 Å². The lowest BCUT2D eigenvalue weighted by atomic mass is 10.1. The van der Waals surface area contributed by atoms with Crippen molar-refractivity contribution in [1.82, 2.24) is 25.1 Å². The summed E-state index contributed by atoms with van der Waals surface area (Å²) >= 11 is 1.39. The SMILES string of the molecule is CSc1nc(NC(C)C)c2cnn(CCNC(=O)c3ccccc3C(F)(F)F)c2n1. The minimum atomic E-state index is -4.60. The molecule has 0 spiro atoms. The molecule has 2 heterocycles. The van der Waals surface area contributed by atoms with Crippen molar-refractivity contribution in [2.24, 2.45) is 0 Å². The molecule has 3 rings (SSSR count). The lowest BCUT2D eigenvalue weighted by molar-refractivity contribution is -0.137. The van der Waals surface area contributed by atoms with E-state index in [2.05, 4.69) is 25.7 Å². The predicted octanol–water partition coefficient (Wildman–Crippen LogP) is 3.82. The Morgan fingerprint density at radius 3 is 2.63 bits per heavy atom. The Balaban J connectivity index is 1.76. The lowest BCUT2D eigenvalue weighted by Crippen LogP contribution is -2.29. The number of rotatable bonds is 7. The lowest BCUT2D eigenvalue weighted by Gasteiger charge is -2.13. The zero-order valence-electron chi connectivity index (χ0n) is 16.6. The summed E-state index contributed by atoms with van der Waals surface area (Å²) < 4.78 is 40.9. The van der Waals surface area contributed by atoms with Crippen molar-refractivity contribution in [2.75, 3.05) is 18.1 Å². The minimum Gasteiger partial charge on any atom is -0.367 e. The molecule has 0 aliphatic carbocycles. The van der Waals surface area contributed by atoms with Crippen molar-refractivity contribution in [2.45, 2.75) is 37.8 Å². The standard InChI is InChI=1S/C19H21F3N6OS/c1-11(2)25-15-13-10-24-28(16(13)27-18(26-15)30-3)9-8-23-17(29)12-6-4-5-7-14(12)19(20,21)22/h4-7,10-11H,8-9H2,1-3H3,(H,23,29)(H,25,26,27). The maximum atomic E-state index is 13.1. The number of anilines is 1. The fourth-order valence-corrected chi connectivity index (χ4v) is 3.23. The third-order valence-corrected chi connectivity index (χ3v) is 4.72. The van der Waals surface area contributed by atoms with E-state index in [4.69, 9.17) is 0 Å². The molecule has 0 unspecified atom stereocenters. The second-order valence-electron chi connectivity index (χ2n) is 6.76. The normalized spacial score (nSPS) is 11.8. The van der Waals surface area contributed by atoms with Crippen LogP contribution in [-0.2, 0) is 12.7 Å². The number of carbonyl (C=O) groups is 1. The summed E-state index contributed by atoms with van der Waals surface area (Å²) in [5.41, 5.74) is -0.790. The Morgan fingerprint density at radius 2 is 1.97 bits per heavy atom. The van der Waals surface area contributed by atoms with E-state index in [1.165, 1.54) is 23.9 Å². The van der Waals surface area contributed by atoms with Crippen LogP contribution in [-0.4, -0.2) is 44.5 Å². The van der Waals surface area contributed by atoms with Crippen molar-refractivity contribution in [3.8, 4) is 0 Å². The first-order valence-electron chi connectivity index (χ1n) is 9.19. The Bertz CT molecular complexity index is 1050. The van der Waals surface area contributed by atoms with Crippen molar-refractivity contribution in [3.05, 3.63) is 41.6 Å². The Kier molecular flexibility index (Phi) is 6.49. The highest BCUT2D eigenvalue weighted by atomic mass is 32.2. The van der Waals surface area contributed by atoms with E-state index in [-0.39, 0.29) is 19.1 Å². The molecular formula is C19H21F3N6OS. The summed E-state index contributed by atoms with van der Waals surface area (Å²) in [4.78, 5) is 21.2. The van der Waals surface area contributed by atoms with Gasteiger partial charge in [-0.3, -0.25) is 4.79 Å². The van der Waals surface area contributed by atoms with Gasteiger partial charge >= 0.3 is 6.18 Å². The molecule has 30 heavy (non-hydrogen) atoms. The highest BCUT2D eigenvalue weighted by Gasteiger charge is 2.34. The summed E-state index contributed by atoms with van der Waals surface area (Å²) in [5.74, 6) is -0.130. The Morgan fingerprint density at radius 1 is 1.23 bits per heavy atom. The fraction of sp³-hybridized carbons (Fsp3) is 0.368. The van der Waals surface area contributed by atoms with Crippen molar-refractivity contribution in [1.29, 1.82) is 0 Å². The first-order valence-corrected chi connectivity index (χ1v) is 10.4. The molecule has 0 aliphatic heterocycles. The van der Waals surface area contributed by atoms with E-state index in [0.29, 0.717) is 16.6 Å². The summed E-state index contributed by atoms with van der Waals surface area (Å²) in [5, 5.41) is 11.4. The van der Waals surface area contributed by atoms with Gasteiger partial charge in [0.05, 0.1) is 29.3 Å². The summed E-state index contributed by atoms with van der Waals surface area (Å²) in [7, 11) is 0. The minimum absolute atomic E-state index is 0.0906. The van der Waals surface area contributed by atoms with Crippen LogP contribution in [0.3, 0.4) is 0 Å². The van der Waals surface area contributed by atoms with Crippen LogP contribution in [0.5, 0.6) is 0 Å². The van der Waals surface area contributed by atoms with Crippen molar-refractivity contribution >= 4 is 34.5 Å². The number of halogens is 3. The molecule has 11 heteroatoms. The van der Waals surface area contributed by atoms with E-state index >= 15 is 0 Å². The van der Waals surface area contributed by atoms with Gasteiger partial charge in [-0.25, -0.2) is 14.6 Å². The van der Waals surface area contributed by atoms with Gasteiger partial charge in [-0.15, -0.1) is 0 Å². The number of hydrogen-bond acceptors (Lipinski definition) is 6. The first kappa shape index (κ1) is 21.9. The van der Waals surface area contributed by atoms with E-state index < -0.39 is 23.2 Å². The average Bonchev–Trinajstić information content (AvgIpc) is 3.10. The molecular weight excluding hydrogens is 417 g/mol. The quantitative estimate of drug-likeness (QED) is 0.431. The first-order chi connectivity index (χ1) is 14.2. The molecule has 0 fully saturated rings. The fourth-order valence-electron chi connectivity index (χ4n) is 2.87. The van der Waals surface area contributed by atoms with E-state index in [1.54, 1.807) is 10.9 Å². The van der Waals surface area contributed by atoms with Crippen LogP contribution in [0.1, 0.15) is 29.8 Å². The highest BCUT2D eigenvalue weighted by Crippen LogP contribution is 2.31. The maximum Gasteiger partial charge on any atom is 0.417 e. The maximum absolute atomic E-state index is 13.1. The van der Waals surface area contributed by atoms with Gasteiger partial charge in [-0.2, -0.15) is 18.3 Å².